The Morgan fingerprint density at radius 3 is 2.71 bits per heavy atom. The number of rotatable bonds is 7. The molecule has 0 radical (unpaired) electrons. The van der Waals surface area contributed by atoms with Gasteiger partial charge < -0.3 is 20.1 Å². The van der Waals surface area contributed by atoms with E-state index in [-0.39, 0.29) is 6.03 Å². The van der Waals surface area contributed by atoms with Crippen LogP contribution < -0.4 is 20.1 Å². The van der Waals surface area contributed by atoms with Crippen LogP contribution in [0.1, 0.15) is 12.0 Å². The monoisotopic (exact) mass is 348 g/mol. The lowest BCUT2D eigenvalue weighted by molar-refractivity contribution is 0.250. The number of hydrogen-bond acceptors (Lipinski definition) is 3. The fourth-order valence-electron chi connectivity index (χ4n) is 2.10. The van der Waals surface area contributed by atoms with Gasteiger partial charge in [0.2, 0.25) is 0 Å². The van der Waals surface area contributed by atoms with Crippen molar-refractivity contribution in [2.75, 3.05) is 25.6 Å². The number of halogens is 1. The van der Waals surface area contributed by atoms with E-state index in [9.17, 15) is 4.79 Å². The third-order valence-electron chi connectivity index (χ3n) is 3.30. The molecule has 0 spiro atoms. The summed E-state index contributed by atoms with van der Waals surface area (Å²) >= 11 is 6.00. The number of hydrogen-bond donors (Lipinski definition) is 2. The Bertz CT molecular complexity index is 692. The zero-order valence-electron chi connectivity index (χ0n) is 13.8. The minimum Gasteiger partial charge on any atom is -0.495 e. The second-order valence-corrected chi connectivity index (χ2v) is 5.62. The van der Waals surface area contributed by atoms with E-state index in [1.807, 2.05) is 43.3 Å². The first-order chi connectivity index (χ1) is 11.6. The quantitative estimate of drug-likeness (QED) is 0.735. The van der Waals surface area contributed by atoms with Crippen LogP contribution in [0.15, 0.2) is 42.5 Å². The Morgan fingerprint density at radius 1 is 1.17 bits per heavy atom. The van der Waals surface area contributed by atoms with Gasteiger partial charge in [-0.1, -0.05) is 29.8 Å². The molecule has 0 aromatic heterocycles. The van der Waals surface area contributed by atoms with E-state index >= 15 is 0 Å². The molecule has 0 atom stereocenters. The smallest absolute Gasteiger partial charge is 0.319 e. The third-order valence-corrected chi connectivity index (χ3v) is 3.62. The summed E-state index contributed by atoms with van der Waals surface area (Å²) in [6.07, 6.45) is 0.670. The lowest BCUT2D eigenvalue weighted by Crippen LogP contribution is -2.30. The highest BCUT2D eigenvalue weighted by molar-refractivity contribution is 6.32. The molecule has 0 aliphatic heterocycles. The number of nitrogens with one attached hydrogen (secondary N) is 2. The topological polar surface area (TPSA) is 59.6 Å². The largest absolute Gasteiger partial charge is 0.495 e. The standard InChI is InChI=1S/C18H21ClN2O3/c1-13-8-9-17(23-2)15(12-13)21-18(22)20-10-5-11-24-16-7-4-3-6-14(16)19/h3-4,6-9,12H,5,10-11H2,1-2H3,(H2,20,21,22). The first kappa shape index (κ1) is 17.9. The first-order valence-electron chi connectivity index (χ1n) is 7.67. The average molecular weight is 349 g/mol. The molecule has 0 saturated carbocycles. The number of methoxy groups -OCH3 is 1. The van der Waals surface area contributed by atoms with Gasteiger partial charge >= 0.3 is 6.03 Å². The third kappa shape index (κ3) is 5.35. The summed E-state index contributed by atoms with van der Waals surface area (Å²) in [6.45, 7) is 2.91. The molecular formula is C18H21ClN2O3. The summed E-state index contributed by atoms with van der Waals surface area (Å²) in [5.74, 6) is 1.27. The van der Waals surface area contributed by atoms with Crippen molar-refractivity contribution in [3.05, 3.63) is 53.1 Å². The van der Waals surface area contributed by atoms with Gasteiger partial charge in [-0.15, -0.1) is 0 Å². The van der Waals surface area contributed by atoms with Crippen LogP contribution in [0.25, 0.3) is 0 Å². The summed E-state index contributed by atoms with van der Waals surface area (Å²) < 4.78 is 10.8. The molecule has 0 bridgehead atoms. The molecule has 0 fully saturated rings. The summed E-state index contributed by atoms with van der Waals surface area (Å²) in [5.41, 5.74) is 1.68. The van der Waals surface area contributed by atoms with Crippen molar-refractivity contribution in [1.29, 1.82) is 0 Å². The van der Waals surface area contributed by atoms with Gasteiger partial charge in [-0.05, 0) is 43.2 Å². The highest BCUT2D eigenvalue weighted by atomic mass is 35.5. The van der Waals surface area contributed by atoms with Crippen LogP contribution in [0.4, 0.5) is 10.5 Å². The van der Waals surface area contributed by atoms with E-state index in [0.29, 0.717) is 41.8 Å². The van der Waals surface area contributed by atoms with Crippen LogP contribution in [0.5, 0.6) is 11.5 Å². The Labute approximate surface area is 146 Å². The fourth-order valence-corrected chi connectivity index (χ4v) is 2.29. The molecule has 24 heavy (non-hydrogen) atoms. The van der Waals surface area contributed by atoms with Gasteiger partial charge in [-0.3, -0.25) is 0 Å². The molecule has 6 heteroatoms. The molecule has 0 aliphatic rings. The second-order valence-electron chi connectivity index (χ2n) is 5.22. The number of benzene rings is 2. The van der Waals surface area contributed by atoms with E-state index in [1.54, 1.807) is 13.2 Å². The lowest BCUT2D eigenvalue weighted by atomic mass is 10.2. The van der Waals surface area contributed by atoms with Crippen molar-refractivity contribution >= 4 is 23.3 Å². The van der Waals surface area contributed by atoms with Crippen molar-refractivity contribution < 1.29 is 14.3 Å². The van der Waals surface area contributed by atoms with E-state index in [4.69, 9.17) is 21.1 Å². The van der Waals surface area contributed by atoms with Gasteiger partial charge in [0.05, 0.1) is 24.4 Å². The van der Waals surface area contributed by atoms with E-state index < -0.39 is 0 Å². The van der Waals surface area contributed by atoms with E-state index in [1.165, 1.54) is 0 Å². The minimum absolute atomic E-state index is 0.281. The molecule has 0 aliphatic carbocycles. The van der Waals surface area contributed by atoms with E-state index in [2.05, 4.69) is 10.6 Å². The molecule has 5 nitrogen and oxygen atoms in total. The molecule has 2 aromatic rings. The summed E-state index contributed by atoms with van der Waals surface area (Å²) in [6, 6.07) is 12.6. The number of para-hydroxylation sites is 1. The van der Waals surface area contributed by atoms with Crippen molar-refractivity contribution in [1.82, 2.24) is 5.32 Å². The first-order valence-corrected chi connectivity index (χ1v) is 8.05. The van der Waals surface area contributed by atoms with Gasteiger partial charge in [0.1, 0.15) is 11.5 Å². The van der Waals surface area contributed by atoms with Gasteiger partial charge in [-0.2, -0.15) is 0 Å². The minimum atomic E-state index is -0.281. The number of aryl methyl sites for hydroxylation is 1. The normalized spacial score (nSPS) is 10.1. The highest BCUT2D eigenvalue weighted by Crippen LogP contribution is 2.25. The van der Waals surface area contributed by atoms with Crippen LogP contribution >= 0.6 is 11.6 Å². The summed E-state index contributed by atoms with van der Waals surface area (Å²) in [4.78, 5) is 11.9. The van der Waals surface area contributed by atoms with Gasteiger partial charge in [0.15, 0.2) is 0 Å². The Morgan fingerprint density at radius 2 is 1.96 bits per heavy atom. The van der Waals surface area contributed by atoms with Crippen molar-refractivity contribution in [2.24, 2.45) is 0 Å². The molecule has 0 unspecified atom stereocenters. The zero-order chi connectivity index (χ0) is 17.4. The van der Waals surface area contributed by atoms with Crippen LogP contribution in [0, 0.1) is 6.92 Å². The fraction of sp³-hybridized carbons (Fsp3) is 0.278. The summed E-state index contributed by atoms with van der Waals surface area (Å²) in [5, 5.41) is 6.15. The number of anilines is 1. The second kappa shape index (κ2) is 9.03. The van der Waals surface area contributed by atoms with Crippen molar-refractivity contribution in [2.45, 2.75) is 13.3 Å². The number of amides is 2. The molecule has 0 heterocycles. The van der Waals surface area contributed by atoms with Crippen molar-refractivity contribution in [3.63, 3.8) is 0 Å². The van der Waals surface area contributed by atoms with Gasteiger partial charge in [-0.25, -0.2) is 4.79 Å². The van der Waals surface area contributed by atoms with Crippen LogP contribution in [-0.2, 0) is 0 Å². The maximum absolute atomic E-state index is 11.9. The van der Waals surface area contributed by atoms with Gasteiger partial charge in [0, 0.05) is 6.54 Å². The van der Waals surface area contributed by atoms with Crippen LogP contribution in [0.3, 0.4) is 0 Å². The Hall–Kier alpha value is -2.40. The van der Waals surface area contributed by atoms with Crippen LogP contribution in [0.2, 0.25) is 5.02 Å². The highest BCUT2D eigenvalue weighted by Gasteiger charge is 2.07. The van der Waals surface area contributed by atoms with E-state index in [0.717, 1.165) is 5.56 Å². The SMILES string of the molecule is COc1ccc(C)cc1NC(=O)NCCCOc1ccccc1Cl. The number of carbonyl (C=O) groups is 1. The average Bonchev–Trinajstić information content (AvgIpc) is 2.56. The molecule has 2 N–H and O–H groups in total. The number of carbonyl (C=O) groups excluding carboxylic acids is 1. The maximum atomic E-state index is 11.9. The molecule has 2 rings (SSSR count). The van der Waals surface area contributed by atoms with Crippen molar-refractivity contribution in [3.8, 4) is 11.5 Å². The number of ether oxygens (including phenoxy) is 2. The summed E-state index contributed by atoms with van der Waals surface area (Å²) in [7, 11) is 1.57. The number of urea groups is 1. The Balaban J connectivity index is 1.72. The lowest BCUT2D eigenvalue weighted by Gasteiger charge is -2.12. The van der Waals surface area contributed by atoms with Crippen LogP contribution in [-0.4, -0.2) is 26.3 Å². The Kier molecular flexibility index (Phi) is 6.75. The molecule has 2 aromatic carbocycles. The molecule has 2 amide bonds. The molecule has 0 saturated heterocycles. The predicted octanol–water partition coefficient (Wildman–Crippen LogP) is 4.25. The predicted molar refractivity (Wildman–Crippen MR) is 96.3 cm³/mol. The zero-order valence-corrected chi connectivity index (χ0v) is 14.5. The maximum Gasteiger partial charge on any atom is 0.319 e. The van der Waals surface area contributed by atoms with Gasteiger partial charge in [0.25, 0.3) is 0 Å². The molecular weight excluding hydrogens is 328 g/mol. The molecule has 128 valence electrons.